The van der Waals surface area contributed by atoms with Gasteiger partial charge in [0.2, 0.25) is 0 Å². The number of hydrogen-bond acceptors (Lipinski definition) is 2. The van der Waals surface area contributed by atoms with Crippen molar-refractivity contribution in [3.8, 4) is 5.75 Å². The van der Waals surface area contributed by atoms with Crippen molar-refractivity contribution in [2.45, 2.75) is 32.0 Å². The van der Waals surface area contributed by atoms with E-state index < -0.39 is 0 Å². The van der Waals surface area contributed by atoms with Gasteiger partial charge in [-0.05, 0) is 59.5 Å². The summed E-state index contributed by atoms with van der Waals surface area (Å²) in [6, 6.07) is 5.83. The molecule has 14 heavy (non-hydrogen) atoms. The van der Waals surface area contributed by atoms with Crippen molar-refractivity contribution in [3.63, 3.8) is 0 Å². The highest BCUT2D eigenvalue weighted by Crippen LogP contribution is 2.29. The van der Waals surface area contributed by atoms with Gasteiger partial charge in [0.15, 0.2) is 0 Å². The Hall–Kier alpha value is -0.290. The molecule has 1 aromatic rings. The number of benzene rings is 1. The molecule has 0 radical (unpaired) electrons. The lowest BCUT2D eigenvalue weighted by molar-refractivity contribution is 0.119. The molecule has 0 bridgehead atoms. The van der Waals surface area contributed by atoms with Crippen LogP contribution >= 0.6 is 22.6 Å². The van der Waals surface area contributed by atoms with Crippen LogP contribution < -0.4 is 4.74 Å². The SMILES string of the molecule is OCc1ccc(OC2CCC2)c(I)c1. The van der Waals surface area contributed by atoms with Gasteiger partial charge in [0, 0.05) is 0 Å². The lowest BCUT2D eigenvalue weighted by atomic mass is 9.96. The maximum Gasteiger partial charge on any atom is 0.133 e. The third-order valence-corrected chi connectivity index (χ3v) is 3.37. The Morgan fingerprint density at radius 2 is 2.21 bits per heavy atom. The van der Waals surface area contributed by atoms with Crippen LogP contribution in [0.5, 0.6) is 5.75 Å². The quantitative estimate of drug-likeness (QED) is 0.870. The predicted octanol–water partition coefficient (Wildman–Crippen LogP) is 2.71. The van der Waals surface area contributed by atoms with E-state index >= 15 is 0 Å². The van der Waals surface area contributed by atoms with Gasteiger partial charge >= 0.3 is 0 Å². The Balaban J connectivity index is 2.09. The fraction of sp³-hybridized carbons (Fsp3) is 0.455. The van der Waals surface area contributed by atoms with E-state index in [1.54, 1.807) is 0 Å². The molecule has 1 fully saturated rings. The fourth-order valence-electron chi connectivity index (χ4n) is 1.41. The highest BCUT2D eigenvalue weighted by atomic mass is 127. The summed E-state index contributed by atoms with van der Waals surface area (Å²) in [6.45, 7) is 0.0969. The second-order valence-electron chi connectivity index (χ2n) is 3.59. The van der Waals surface area contributed by atoms with Gasteiger partial charge in [-0.25, -0.2) is 0 Å². The van der Waals surface area contributed by atoms with Crippen LogP contribution in [0.1, 0.15) is 24.8 Å². The Kier molecular flexibility index (Phi) is 3.28. The van der Waals surface area contributed by atoms with Gasteiger partial charge < -0.3 is 9.84 Å². The third-order valence-electron chi connectivity index (χ3n) is 2.52. The third kappa shape index (κ3) is 2.20. The van der Waals surface area contributed by atoms with E-state index in [2.05, 4.69) is 22.6 Å². The van der Waals surface area contributed by atoms with Crippen LogP contribution in [0.3, 0.4) is 0 Å². The van der Waals surface area contributed by atoms with Crippen molar-refractivity contribution < 1.29 is 9.84 Å². The summed E-state index contributed by atoms with van der Waals surface area (Å²) in [7, 11) is 0. The van der Waals surface area contributed by atoms with E-state index in [4.69, 9.17) is 9.84 Å². The van der Waals surface area contributed by atoms with Gasteiger partial charge in [0.05, 0.1) is 16.3 Å². The minimum atomic E-state index is 0.0969. The van der Waals surface area contributed by atoms with Crippen LogP contribution in [0.25, 0.3) is 0 Å². The summed E-state index contributed by atoms with van der Waals surface area (Å²) in [4.78, 5) is 0. The summed E-state index contributed by atoms with van der Waals surface area (Å²) < 4.78 is 6.88. The number of rotatable bonds is 3. The number of ether oxygens (including phenoxy) is 1. The van der Waals surface area contributed by atoms with Gasteiger partial charge in [-0.3, -0.25) is 0 Å². The first-order valence-electron chi connectivity index (χ1n) is 4.85. The summed E-state index contributed by atoms with van der Waals surface area (Å²) >= 11 is 2.25. The summed E-state index contributed by atoms with van der Waals surface area (Å²) in [5.74, 6) is 0.951. The molecule has 2 rings (SSSR count). The molecule has 3 heteroatoms. The smallest absolute Gasteiger partial charge is 0.133 e. The van der Waals surface area contributed by atoms with E-state index in [1.807, 2.05) is 18.2 Å². The summed E-state index contributed by atoms with van der Waals surface area (Å²) in [5, 5.41) is 8.95. The predicted molar refractivity (Wildman–Crippen MR) is 63.3 cm³/mol. The van der Waals surface area contributed by atoms with Crippen molar-refractivity contribution in [1.29, 1.82) is 0 Å². The van der Waals surface area contributed by atoms with Crippen molar-refractivity contribution in [3.05, 3.63) is 27.3 Å². The summed E-state index contributed by atoms with van der Waals surface area (Å²) in [5.41, 5.74) is 0.940. The zero-order chi connectivity index (χ0) is 9.97. The highest BCUT2D eigenvalue weighted by Gasteiger charge is 2.19. The van der Waals surface area contributed by atoms with Crippen molar-refractivity contribution in [2.24, 2.45) is 0 Å². The molecule has 1 aromatic carbocycles. The molecule has 1 N–H and O–H groups in total. The van der Waals surface area contributed by atoms with Gasteiger partial charge in [-0.1, -0.05) is 6.07 Å². The Morgan fingerprint density at radius 1 is 1.43 bits per heavy atom. The molecule has 0 aromatic heterocycles. The van der Waals surface area contributed by atoms with Crippen molar-refractivity contribution in [2.75, 3.05) is 0 Å². The molecule has 1 aliphatic carbocycles. The Morgan fingerprint density at radius 3 is 2.71 bits per heavy atom. The average molecular weight is 304 g/mol. The second-order valence-corrected chi connectivity index (χ2v) is 4.76. The van der Waals surface area contributed by atoms with Crippen LogP contribution in [0.4, 0.5) is 0 Å². The fourth-order valence-corrected chi connectivity index (χ4v) is 2.11. The van der Waals surface area contributed by atoms with Crippen LogP contribution in [0.15, 0.2) is 18.2 Å². The molecule has 0 heterocycles. The van der Waals surface area contributed by atoms with E-state index in [0.29, 0.717) is 6.10 Å². The number of hydrogen-bond donors (Lipinski definition) is 1. The van der Waals surface area contributed by atoms with Crippen LogP contribution in [0, 0.1) is 3.57 Å². The van der Waals surface area contributed by atoms with Crippen LogP contribution in [-0.4, -0.2) is 11.2 Å². The first-order valence-corrected chi connectivity index (χ1v) is 5.93. The number of aliphatic hydroxyl groups excluding tert-OH is 1. The van der Waals surface area contributed by atoms with Crippen molar-refractivity contribution in [1.82, 2.24) is 0 Å². The molecular weight excluding hydrogens is 291 g/mol. The molecule has 0 amide bonds. The molecule has 0 spiro atoms. The van der Waals surface area contributed by atoms with Gasteiger partial charge in [-0.2, -0.15) is 0 Å². The highest BCUT2D eigenvalue weighted by molar-refractivity contribution is 14.1. The van der Waals surface area contributed by atoms with Crippen LogP contribution in [-0.2, 0) is 6.61 Å². The Labute approximate surface area is 97.4 Å². The maximum absolute atomic E-state index is 8.95. The van der Waals surface area contributed by atoms with Gasteiger partial charge in [-0.15, -0.1) is 0 Å². The van der Waals surface area contributed by atoms with E-state index in [9.17, 15) is 0 Å². The zero-order valence-corrected chi connectivity index (χ0v) is 10.0. The first kappa shape index (κ1) is 10.2. The number of aliphatic hydroxyl groups is 1. The van der Waals surface area contributed by atoms with Crippen LogP contribution in [0.2, 0.25) is 0 Å². The molecule has 0 aliphatic heterocycles. The molecule has 0 unspecified atom stereocenters. The monoisotopic (exact) mass is 304 g/mol. The lowest BCUT2D eigenvalue weighted by Crippen LogP contribution is -2.24. The lowest BCUT2D eigenvalue weighted by Gasteiger charge is -2.26. The topological polar surface area (TPSA) is 29.5 Å². The van der Waals surface area contributed by atoms with Crippen molar-refractivity contribution >= 4 is 22.6 Å². The van der Waals surface area contributed by atoms with E-state index in [-0.39, 0.29) is 6.61 Å². The molecule has 1 saturated carbocycles. The number of halogens is 1. The normalized spacial score (nSPS) is 16.4. The van der Waals surface area contributed by atoms with Gasteiger partial charge in [0.25, 0.3) is 0 Å². The molecule has 1 aliphatic rings. The Bertz CT molecular complexity index is 321. The maximum atomic E-state index is 8.95. The molecule has 76 valence electrons. The average Bonchev–Trinajstić information content (AvgIpc) is 2.13. The molecular formula is C11H13IO2. The summed E-state index contributed by atoms with van der Waals surface area (Å²) in [6.07, 6.45) is 4.06. The molecule has 0 saturated heterocycles. The minimum absolute atomic E-state index is 0.0969. The second kappa shape index (κ2) is 4.49. The van der Waals surface area contributed by atoms with E-state index in [1.165, 1.54) is 19.3 Å². The molecule has 0 atom stereocenters. The first-order chi connectivity index (χ1) is 6.79. The van der Waals surface area contributed by atoms with Gasteiger partial charge in [0.1, 0.15) is 5.75 Å². The standard InChI is InChI=1S/C11H13IO2/c12-10-6-8(7-13)4-5-11(10)14-9-2-1-3-9/h4-6,9,13H,1-3,7H2. The molecule has 2 nitrogen and oxygen atoms in total. The minimum Gasteiger partial charge on any atom is -0.489 e. The zero-order valence-electron chi connectivity index (χ0n) is 7.87. The van der Waals surface area contributed by atoms with E-state index in [0.717, 1.165) is 14.9 Å². The largest absolute Gasteiger partial charge is 0.489 e.